The lowest BCUT2D eigenvalue weighted by atomic mass is 9.96. The van der Waals surface area contributed by atoms with Gasteiger partial charge in [-0.3, -0.25) is 0 Å². The summed E-state index contributed by atoms with van der Waals surface area (Å²) in [5.41, 5.74) is 5.40. The van der Waals surface area contributed by atoms with Crippen molar-refractivity contribution in [2.24, 2.45) is 5.73 Å². The molecule has 0 bridgehead atoms. The van der Waals surface area contributed by atoms with Crippen LogP contribution in [0.2, 0.25) is 0 Å². The Morgan fingerprint density at radius 1 is 1.25 bits per heavy atom. The monoisotopic (exact) mass is 241 g/mol. The molecule has 0 aromatic carbocycles. The Morgan fingerprint density at radius 2 is 1.94 bits per heavy atom. The van der Waals surface area contributed by atoms with E-state index in [1.54, 1.807) is 0 Å². The number of nitrogens with two attached hydrogens (primary N) is 1. The van der Waals surface area contributed by atoms with Crippen molar-refractivity contribution in [3.05, 3.63) is 5.82 Å². The minimum Gasteiger partial charge on any atom is -0.354 e. The topological polar surface area (TPSA) is 76.7 Å². The maximum atomic E-state index is 5.49. The molecule has 0 amide bonds. The van der Waals surface area contributed by atoms with Gasteiger partial charge in [0.2, 0.25) is 5.95 Å². The second-order valence-electron chi connectivity index (χ2n) is 4.36. The van der Waals surface area contributed by atoms with Gasteiger partial charge in [-0.15, -0.1) is 0 Å². The second kappa shape index (κ2) is 5.45. The molecule has 0 saturated carbocycles. The molecule has 1 rings (SSSR count). The fourth-order valence-electron chi connectivity index (χ4n) is 1.07. The molecular formula is C10H19N5S. The average molecular weight is 241 g/mol. The first-order chi connectivity index (χ1) is 7.47. The third kappa shape index (κ3) is 3.61. The molecule has 0 unspecified atom stereocenters. The van der Waals surface area contributed by atoms with Crippen LogP contribution in [-0.4, -0.2) is 27.4 Å². The lowest BCUT2D eigenvalue weighted by Gasteiger charge is -2.17. The Hall–Kier alpha value is -0.880. The Kier molecular flexibility index (Phi) is 4.49. The van der Waals surface area contributed by atoms with Gasteiger partial charge in [-0.25, -0.2) is 4.98 Å². The van der Waals surface area contributed by atoms with E-state index in [2.05, 4.69) is 41.0 Å². The maximum Gasteiger partial charge on any atom is 0.226 e. The molecular weight excluding hydrogens is 222 g/mol. The largest absolute Gasteiger partial charge is 0.354 e. The smallest absolute Gasteiger partial charge is 0.226 e. The van der Waals surface area contributed by atoms with Crippen molar-refractivity contribution in [3.8, 4) is 0 Å². The molecule has 1 aromatic rings. The lowest BCUT2D eigenvalue weighted by Crippen LogP contribution is -2.19. The first-order valence-corrected chi connectivity index (χ1v) is 6.29. The molecule has 0 atom stereocenters. The molecule has 0 spiro atoms. The lowest BCUT2D eigenvalue weighted by molar-refractivity contribution is 0.532. The fourth-order valence-corrected chi connectivity index (χ4v) is 1.52. The average Bonchev–Trinajstić information content (AvgIpc) is 2.17. The highest BCUT2D eigenvalue weighted by atomic mass is 32.2. The van der Waals surface area contributed by atoms with Gasteiger partial charge in [0.1, 0.15) is 5.82 Å². The summed E-state index contributed by atoms with van der Waals surface area (Å²) in [5, 5.41) is 3.78. The van der Waals surface area contributed by atoms with E-state index in [4.69, 9.17) is 5.73 Å². The van der Waals surface area contributed by atoms with Crippen LogP contribution in [0.25, 0.3) is 0 Å². The van der Waals surface area contributed by atoms with Crippen LogP contribution in [-0.2, 0) is 5.41 Å². The Labute approximate surface area is 101 Å². The van der Waals surface area contributed by atoms with E-state index in [9.17, 15) is 0 Å². The molecule has 90 valence electrons. The fraction of sp³-hybridized carbons (Fsp3) is 0.700. The molecule has 5 nitrogen and oxygen atoms in total. The number of nitrogens with one attached hydrogen (secondary N) is 1. The van der Waals surface area contributed by atoms with Gasteiger partial charge in [-0.2, -0.15) is 9.97 Å². The van der Waals surface area contributed by atoms with Crippen molar-refractivity contribution in [1.82, 2.24) is 15.0 Å². The van der Waals surface area contributed by atoms with Gasteiger partial charge >= 0.3 is 0 Å². The van der Waals surface area contributed by atoms with Crippen LogP contribution in [0.15, 0.2) is 5.16 Å². The number of hydrogen-bond donors (Lipinski definition) is 2. The zero-order valence-corrected chi connectivity index (χ0v) is 11.1. The van der Waals surface area contributed by atoms with Crippen LogP contribution in [0.3, 0.4) is 0 Å². The van der Waals surface area contributed by atoms with Gasteiger partial charge in [-0.1, -0.05) is 32.5 Å². The summed E-state index contributed by atoms with van der Waals surface area (Å²) in [6, 6.07) is 0. The first kappa shape index (κ1) is 13.2. The minimum absolute atomic E-state index is 0.0863. The Morgan fingerprint density at radius 3 is 2.44 bits per heavy atom. The maximum absolute atomic E-state index is 5.49. The highest BCUT2D eigenvalue weighted by Crippen LogP contribution is 2.21. The highest BCUT2D eigenvalue weighted by Gasteiger charge is 2.19. The summed E-state index contributed by atoms with van der Waals surface area (Å²) in [6.07, 6.45) is 0. The van der Waals surface area contributed by atoms with Crippen molar-refractivity contribution in [3.63, 3.8) is 0 Å². The van der Waals surface area contributed by atoms with Crippen LogP contribution >= 0.6 is 11.8 Å². The number of aromatic nitrogens is 3. The predicted octanol–water partition coefficient (Wildman–Crippen LogP) is 1.61. The number of rotatable bonds is 4. The Bertz CT molecular complexity index is 323. The van der Waals surface area contributed by atoms with E-state index < -0.39 is 0 Å². The zero-order chi connectivity index (χ0) is 12.2. The van der Waals surface area contributed by atoms with E-state index in [0.29, 0.717) is 17.0 Å². The molecule has 6 heteroatoms. The molecule has 1 aromatic heterocycles. The van der Waals surface area contributed by atoms with Gasteiger partial charge in [0, 0.05) is 17.8 Å². The van der Waals surface area contributed by atoms with E-state index in [1.807, 2.05) is 6.92 Å². The van der Waals surface area contributed by atoms with Crippen LogP contribution in [0.5, 0.6) is 0 Å². The molecule has 1 heterocycles. The molecule has 0 aliphatic rings. The number of hydrogen-bond acceptors (Lipinski definition) is 6. The second-order valence-corrected chi connectivity index (χ2v) is 5.34. The van der Waals surface area contributed by atoms with Crippen LogP contribution < -0.4 is 11.1 Å². The van der Waals surface area contributed by atoms with Gasteiger partial charge in [0.25, 0.3) is 0 Å². The number of nitrogens with zero attached hydrogens (tertiary/aromatic N) is 3. The summed E-state index contributed by atoms with van der Waals surface area (Å²) in [6.45, 7) is 9.04. The third-order valence-corrected chi connectivity index (χ3v) is 2.44. The highest BCUT2D eigenvalue weighted by molar-refractivity contribution is 7.99. The molecule has 0 radical (unpaired) electrons. The van der Waals surface area contributed by atoms with Crippen molar-refractivity contribution < 1.29 is 0 Å². The molecule has 0 aliphatic carbocycles. The summed E-state index contributed by atoms with van der Waals surface area (Å²) in [5.74, 6) is 1.88. The zero-order valence-electron chi connectivity index (χ0n) is 10.2. The molecule has 0 fully saturated rings. The van der Waals surface area contributed by atoms with E-state index in [-0.39, 0.29) is 5.41 Å². The number of anilines is 1. The molecule has 0 saturated heterocycles. The normalized spacial score (nSPS) is 11.6. The molecule has 16 heavy (non-hydrogen) atoms. The van der Waals surface area contributed by atoms with Crippen molar-refractivity contribution in [1.29, 1.82) is 0 Å². The quantitative estimate of drug-likeness (QED) is 0.616. The summed E-state index contributed by atoms with van der Waals surface area (Å²) < 4.78 is 0. The number of thioether (sulfide) groups is 1. The Balaban J connectivity index is 3.08. The minimum atomic E-state index is -0.0863. The third-order valence-electron chi connectivity index (χ3n) is 1.83. The van der Waals surface area contributed by atoms with E-state index in [0.717, 1.165) is 12.4 Å². The predicted molar refractivity (Wildman–Crippen MR) is 67.6 cm³/mol. The van der Waals surface area contributed by atoms with Gasteiger partial charge in [-0.05, 0) is 6.92 Å². The van der Waals surface area contributed by atoms with Gasteiger partial charge in [0.15, 0.2) is 5.16 Å². The van der Waals surface area contributed by atoms with Gasteiger partial charge in [0.05, 0.1) is 0 Å². The van der Waals surface area contributed by atoms with Crippen molar-refractivity contribution in [2.75, 3.05) is 17.7 Å². The van der Waals surface area contributed by atoms with Crippen molar-refractivity contribution >= 4 is 17.7 Å². The van der Waals surface area contributed by atoms with Crippen LogP contribution in [0.1, 0.15) is 33.5 Å². The van der Waals surface area contributed by atoms with Gasteiger partial charge < -0.3 is 11.1 Å². The summed E-state index contributed by atoms with van der Waals surface area (Å²) in [7, 11) is 0. The van der Waals surface area contributed by atoms with Crippen LogP contribution in [0.4, 0.5) is 5.95 Å². The van der Waals surface area contributed by atoms with E-state index in [1.165, 1.54) is 11.8 Å². The SMILES string of the molecule is CCNc1nc(SCN)nc(C(C)(C)C)n1. The molecule has 3 N–H and O–H groups in total. The van der Waals surface area contributed by atoms with E-state index >= 15 is 0 Å². The molecule has 0 aliphatic heterocycles. The van der Waals surface area contributed by atoms with Crippen molar-refractivity contribution in [2.45, 2.75) is 38.3 Å². The summed E-state index contributed by atoms with van der Waals surface area (Å²) in [4.78, 5) is 13.1. The first-order valence-electron chi connectivity index (χ1n) is 5.30. The summed E-state index contributed by atoms with van der Waals surface area (Å²) >= 11 is 1.42. The standard InChI is InChI=1S/C10H19N5S/c1-5-12-8-13-7(10(2,3)4)14-9(15-8)16-6-11/h5-6,11H2,1-4H3,(H,12,13,14,15). The van der Waals surface area contributed by atoms with Crippen LogP contribution in [0, 0.1) is 0 Å².